The molecular formula is C5H7N3S2. The van der Waals surface area contributed by atoms with Crippen molar-refractivity contribution in [2.24, 2.45) is 5.73 Å². The molecule has 4 N–H and O–H groups in total. The predicted octanol–water partition coefficient (Wildman–Crippen LogP) is -0.252. The third-order valence-corrected chi connectivity index (χ3v) is 2.08. The van der Waals surface area contributed by atoms with E-state index in [1.807, 2.05) is 0 Å². The van der Waals surface area contributed by atoms with E-state index >= 15 is 0 Å². The van der Waals surface area contributed by atoms with E-state index in [9.17, 15) is 0 Å². The highest BCUT2D eigenvalue weighted by atomic mass is 32.2. The Morgan fingerprint density at radius 3 is 2.90 bits per heavy atom. The van der Waals surface area contributed by atoms with Gasteiger partial charge in [0.15, 0.2) is 4.32 Å². The number of rotatable bonds is 0. The number of hydrazine groups is 1. The molecule has 5 heteroatoms. The molecule has 0 spiro atoms. The van der Waals surface area contributed by atoms with Crippen LogP contribution < -0.4 is 16.6 Å². The summed E-state index contributed by atoms with van der Waals surface area (Å²) in [7, 11) is 0. The monoisotopic (exact) mass is 173 g/mol. The number of thiocarbonyl (C=S) groups is 1. The lowest BCUT2D eigenvalue weighted by atomic mass is 10.5. The van der Waals surface area contributed by atoms with Crippen molar-refractivity contribution < 1.29 is 0 Å². The summed E-state index contributed by atoms with van der Waals surface area (Å²) in [5.74, 6) is 5.49. The topological polar surface area (TPSA) is 50.1 Å². The number of nitrogens with two attached hydrogens (primary N) is 1. The van der Waals surface area contributed by atoms with Crippen LogP contribution in [0.5, 0.6) is 0 Å². The van der Waals surface area contributed by atoms with Gasteiger partial charge in [-0.05, 0) is 18.7 Å². The lowest BCUT2D eigenvalue weighted by Gasteiger charge is -2.11. The summed E-state index contributed by atoms with van der Waals surface area (Å²) in [5, 5.41) is 0. The summed E-state index contributed by atoms with van der Waals surface area (Å²) in [4.78, 5) is -0.730. The SMILES string of the molecule is CC#C[C@]1(N)NNC(=S)S1. The number of hydrogen-bond donors (Lipinski definition) is 3. The molecule has 10 heavy (non-hydrogen) atoms. The van der Waals surface area contributed by atoms with Crippen molar-refractivity contribution in [3.63, 3.8) is 0 Å². The zero-order valence-corrected chi connectivity index (χ0v) is 7.03. The van der Waals surface area contributed by atoms with E-state index in [1.165, 1.54) is 11.8 Å². The highest BCUT2D eigenvalue weighted by molar-refractivity contribution is 8.24. The molecule has 1 atom stereocenters. The van der Waals surface area contributed by atoms with Crippen LogP contribution in [-0.2, 0) is 0 Å². The molecule has 0 aromatic heterocycles. The van der Waals surface area contributed by atoms with Crippen LogP contribution in [0.4, 0.5) is 0 Å². The molecule has 0 unspecified atom stereocenters. The van der Waals surface area contributed by atoms with Crippen molar-refractivity contribution in [1.29, 1.82) is 0 Å². The maximum absolute atomic E-state index is 5.69. The van der Waals surface area contributed by atoms with Gasteiger partial charge in [0.05, 0.1) is 0 Å². The molecule has 0 aliphatic carbocycles. The molecule has 0 saturated carbocycles. The Labute approximate surface area is 69.1 Å². The summed E-state index contributed by atoms with van der Waals surface area (Å²) >= 11 is 6.13. The van der Waals surface area contributed by atoms with E-state index in [1.54, 1.807) is 6.92 Å². The van der Waals surface area contributed by atoms with Gasteiger partial charge >= 0.3 is 0 Å². The Hall–Kier alpha value is -0.280. The molecule has 3 nitrogen and oxygen atoms in total. The molecule has 0 radical (unpaired) electrons. The molecule has 1 fully saturated rings. The molecule has 54 valence electrons. The summed E-state index contributed by atoms with van der Waals surface area (Å²) in [6.45, 7) is 1.73. The van der Waals surface area contributed by atoms with Gasteiger partial charge in [0.1, 0.15) is 0 Å². The average molecular weight is 173 g/mol. The van der Waals surface area contributed by atoms with E-state index in [0.717, 1.165) is 0 Å². The van der Waals surface area contributed by atoms with E-state index in [4.69, 9.17) is 18.0 Å². The second-order valence-corrected chi connectivity index (χ2v) is 3.67. The third kappa shape index (κ3) is 1.61. The van der Waals surface area contributed by atoms with E-state index in [-0.39, 0.29) is 0 Å². The van der Waals surface area contributed by atoms with E-state index in [2.05, 4.69) is 22.7 Å². The van der Waals surface area contributed by atoms with Crippen LogP contribution in [0.2, 0.25) is 0 Å². The first kappa shape index (κ1) is 7.82. The Morgan fingerprint density at radius 2 is 2.50 bits per heavy atom. The fourth-order valence-electron chi connectivity index (χ4n) is 0.584. The maximum atomic E-state index is 5.69. The van der Waals surface area contributed by atoms with Gasteiger partial charge in [-0.2, -0.15) is 5.43 Å². The molecule has 1 aliphatic heterocycles. The fourth-order valence-corrected chi connectivity index (χ4v) is 1.68. The molecule has 1 saturated heterocycles. The van der Waals surface area contributed by atoms with E-state index in [0.29, 0.717) is 4.32 Å². The van der Waals surface area contributed by atoms with Crippen molar-refractivity contribution in [3.05, 3.63) is 0 Å². The molecule has 1 rings (SSSR count). The summed E-state index contributed by atoms with van der Waals surface area (Å²) < 4.78 is 0.630. The molecular weight excluding hydrogens is 166 g/mol. The molecule has 0 aromatic rings. The predicted molar refractivity (Wildman–Crippen MR) is 46.8 cm³/mol. The van der Waals surface area contributed by atoms with Crippen LogP contribution in [0.3, 0.4) is 0 Å². The van der Waals surface area contributed by atoms with Crippen LogP contribution in [0.25, 0.3) is 0 Å². The number of thioether (sulfide) groups is 1. The standard InChI is InChI=1S/C5H7N3S2/c1-2-3-5(6)8-7-4(9)10-5/h8H,6H2,1H3,(H,7,9)/t5-/m0/s1. The molecule has 0 aromatic carbocycles. The first-order valence-electron chi connectivity index (χ1n) is 2.65. The Bertz CT molecular complexity index is 217. The minimum Gasteiger partial charge on any atom is -0.303 e. The minimum absolute atomic E-state index is 0.630. The summed E-state index contributed by atoms with van der Waals surface area (Å²) in [6.07, 6.45) is 0. The smallest absolute Gasteiger partial charge is 0.201 e. The second-order valence-electron chi connectivity index (χ2n) is 1.75. The van der Waals surface area contributed by atoms with Crippen molar-refractivity contribution in [3.8, 4) is 11.8 Å². The second kappa shape index (κ2) is 2.76. The summed E-state index contributed by atoms with van der Waals surface area (Å²) in [5.41, 5.74) is 11.2. The zero-order valence-electron chi connectivity index (χ0n) is 5.39. The molecule has 0 amide bonds. The van der Waals surface area contributed by atoms with Gasteiger partial charge in [-0.3, -0.25) is 5.73 Å². The molecule has 1 heterocycles. The highest BCUT2D eigenvalue weighted by Crippen LogP contribution is 2.20. The first-order valence-corrected chi connectivity index (χ1v) is 3.88. The van der Waals surface area contributed by atoms with Crippen LogP contribution >= 0.6 is 24.0 Å². The Morgan fingerprint density at radius 1 is 1.80 bits per heavy atom. The van der Waals surface area contributed by atoms with Crippen LogP contribution in [0.1, 0.15) is 6.92 Å². The van der Waals surface area contributed by atoms with Gasteiger partial charge in [-0.25, -0.2) is 0 Å². The first-order chi connectivity index (χ1) is 4.66. The lowest BCUT2D eigenvalue weighted by molar-refractivity contribution is 0.576. The normalized spacial score (nSPS) is 30.8. The van der Waals surface area contributed by atoms with Crippen molar-refractivity contribution in [1.82, 2.24) is 10.9 Å². The Balaban J connectivity index is 2.69. The minimum atomic E-state index is -0.730. The van der Waals surface area contributed by atoms with Crippen LogP contribution in [0, 0.1) is 11.8 Å². The third-order valence-electron chi connectivity index (χ3n) is 0.915. The number of nitrogens with one attached hydrogen (secondary N) is 2. The summed E-state index contributed by atoms with van der Waals surface area (Å²) in [6, 6.07) is 0. The average Bonchev–Trinajstić information content (AvgIpc) is 2.12. The highest BCUT2D eigenvalue weighted by Gasteiger charge is 2.30. The lowest BCUT2D eigenvalue weighted by Crippen LogP contribution is -2.48. The quantitative estimate of drug-likeness (QED) is 0.348. The maximum Gasteiger partial charge on any atom is 0.201 e. The largest absolute Gasteiger partial charge is 0.303 e. The zero-order chi connectivity index (χ0) is 7.61. The van der Waals surface area contributed by atoms with Crippen LogP contribution in [-0.4, -0.2) is 9.32 Å². The van der Waals surface area contributed by atoms with Gasteiger partial charge in [0.2, 0.25) is 4.99 Å². The molecule has 1 aliphatic rings. The van der Waals surface area contributed by atoms with Gasteiger partial charge in [-0.1, -0.05) is 18.1 Å². The number of hydrogen-bond acceptors (Lipinski definition) is 4. The van der Waals surface area contributed by atoms with Crippen LogP contribution in [0.15, 0.2) is 0 Å². The van der Waals surface area contributed by atoms with Gasteiger partial charge in [0, 0.05) is 0 Å². The van der Waals surface area contributed by atoms with E-state index < -0.39 is 4.99 Å². The Kier molecular flexibility index (Phi) is 2.16. The van der Waals surface area contributed by atoms with Crippen molar-refractivity contribution >= 4 is 28.3 Å². The van der Waals surface area contributed by atoms with Gasteiger partial charge in [-0.15, -0.1) is 5.92 Å². The van der Waals surface area contributed by atoms with Gasteiger partial charge in [0.25, 0.3) is 0 Å². The van der Waals surface area contributed by atoms with Crippen molar-refractivity contribution in [2.75, 3.05) is 0 Å². The van der Waals surface area contributed by atoms with Crippen molar-refractivity contribution in [2.45, 2.75) is 11.9 Å². The van der Waals surface area contributed by atoms with Gasteiger partial charge < -0.3 is 5.43 Å². The fraction of sp³-hybridized carbons (Fsp3) is 0.400. The molecule has 0 bridgehead atoms.